The van der Waals surface area contributed by atoms with Crippen molar-refractivity contribution in [3.63, 3.8) is 0 Å². The normalized spacial score (nSPS) is 16.3. The standard InChI is InChI=1S/C21H32N2O3/c1-16(2)11-14-22-20(25)21(12-5-4-6-13-21)17-7-9-18(10-8-17)23-19(24)15-26-3/h7-10,16H,4-6,11-15H2,1-3H3,(H,22,25)(H,23,24). The summed E-state index contributed by atoms with van der Waals surface area (Å²) in [5, 5.41) is 5.96. The zero-order valence-electron chi connectivity index (χ0n) is 16.3. The predicted molar refractivity (Wildman–Crippen MR) is 104 cm³/mol. The molecule has 1 fully saturated rings. The molecule has 0 atom stereocenters. The molecule has 1 aromatic carbocycles. The molecule has 1 aromatic rings. The number of carbonyl (C=O) groups excluding carboxylic acids is 2. The molecule has 0 aliphatic heterocycles. The maximum absolute atomic E-state index is 13.1. The molecule has 26 heavy (non-hydrogen) atoms. The summed E-state index contributed by atoms with van der Waals surface area (Å²) in [6.45, 7) is 5.09. The Hall–Kier alpha value is -1.88. The Labute approximate surface area is 156 Å². The van der Waals surface area contributed by atoms with E-state index in [2.05, 4.69) is 24.5 Å². The molecular weight excluding hydrogens is 328 g/mol. The van der Waals surface area contributed by atoms with Crippen LogP contribution in [0, 0.1) is 5.92 Å². The Kier molecular flexibility index (Phi) is 7.64. The molecule has 1 aliphatic rings. The van der Waals surface area contributed by atoms with Crippen molar-refractivity contribution in [2.75, 3.05) is 25.6 Å². The average Bonchev–Trinajstić information content (AvgIpc) is 2.62. The average molecular weight is 360 g/mol. The number of benzene rings is 1. The lowest BCUT2D eigenvalue weighted by atomic mass is 9.68. The number of nitrogens with one attached hydrogen (secondary N) is 2. The van der Waals surface area contributed by atoms with Crippen LogP contribution in [-0.4, -0.2) is 32.1 Å². The largest absolute Gasteiger partial charge is 0.375 e. The van der Waals surface area contributed by atoms with Gasteiger partial charge in [0.15, 0.2) is 0 Å². The highest BCUT2D eigenvalue weighted by Crippen LogP contribution is 2.40. The van der Waals surface area contributed by atoms with Crippen molar-refractivity contribution < 1.29 is 14.3 Å². The minimum Gasteiger partial charge on any atom is -0.375 e. The van der Waals surface area contributed by atoms with Crippen molar-refractivity contribution in [1.29, 1.82) is 0 Å². The summed E-state index contributed by atoms with van der Waals surface area (Å²) >= 11 is 0. The summed E-state index contributed by atoms with van der Waals surface area (Å²) < 4.78 is 4.83. The molecule has 2 rings (SSSR count). The molecule has 5 heteroatoms. The molecule has 144 valence electrons. The first-order valence-corrected chi connectivity index (χ1v) is 9.65. The first-order valence-electron chi connectivity index (χ1n) is 9.65. The molecule has 1 aliphatic carbocycles. The number of amides is 2. The van der Waals surface area contributed by atoms with Crippen molar-refractivity contribution >= 4 is 17.5 Å². The summed E-state index contributed by atoms with van der Waals surface area (Å²) in [4.78, 5) is 24.7. The van der Waals surface area contributed by atoms with Crippen molar-refractivity contribution in [3.8, 4) is 0 Å². The molecule has 0 spiro atoms. The van der Waals surface area contributed by atoms with E-state index in [1.165, 1.54) is 13.5 Å². The fraction of sp³-hybridized carbons (Fsp3) is 0.619. The van der Waals surface area contributed by atoms with Gasteiger partial charge in [0.1, 0.15) is 6.61 Å². The fourth-order valence-corrected chi connectivity index (χ4v) is 3.65. The number of methoxy groups -OCH3 is 1. The van der Waals surface area contributed by atoms with Gasteiger partial charge in [0, 0.05) is 19.3 Å². The first kappa shape index (κ1) is 20.4. The highest BCUT2D eigenvalue weighted by molar-refractivity contribution is 5.92. The van der Waals surface area contributed by atoms with Crippen LogP contribution < -0.4 is 10.6 Å². The quantitative estimate of drug-likeness (QED) is 0.744. The van der Waals surface area contributed by atoms with Gasteiger partial charge in [-0.3, -0.25) is 9.59 Å². The van der Waals surface area contributed by atoms with Crippen LogP contribution in [-0.2, 0) is 19.7 Å². The number of carbonyl (C=O) groups is 2. The van der Waals surface area contributed by atoms with Crippen LogP contribution in [0.15, 0.2) is 24.3 Å². The SMILES string of the molecule is COCC(=O)Nc1ccc(C2(C(=O)NCCC(C)C)CCCCC2)cc1. The molecule has 0 radical (unpaired) electrons. The lowest BCUT2D eigenvalue weighted by molar-refractivity contribution is -0.128. The minimum absolute atomic E-state index is 0.0317. The van der Waals surface area contributed by atoms with Crippen LogP contribution >= 0.6 is 0 Å². The Balaban J connectivity index is 2.13. The molecule has 0 heterocycles. The minimum atomic E-state index is -0.440. The topological polar surface area (TPSA) is 67.4 Å². The van der Waals surface area contributed by atoms with E-state index in [-0.39, 0.29) is 18.4 Å². The van der Waals surface area contributed by atoms with Gasteiger partial charge in [-0.05, 0) is 42.9 Å². The number of hydrogen-bond donors (Lipinski definition) is 2. The fourth-order valence-electron chi connectivity index (χ4n) is 3.65. The lowest BCUT2D eigenvalue weighted by Gasteiger charge is -2.36. The Bertz CT molecular complexity index is 590. The molecule has 0 saturated heterocycles. The van der Waals surface area contributed by atoms with Crippen LogP contribution in [0.2, 0.25) is 0 Å². The summed E-state index contributed by atoms with van der Waals surface area (Å²) in [6, 6.07) is 7.72. The Morgan fingerprint density at radius 1 is 1.12 bits per heavy atom. The van der Waals surface area contributed by atoms with Crippen LogP contribution in [0.25, 0.3) is 0 Å². The van der Waals surface area contributed by atoms with Gasteiger partial charge in [-0.1, -0.05) is 45.2 Å². The lowest BCUT2D eigenvalue weighted by Crippen LogP contribution is -2.46. The number of hydrogen-bond acceptors (Lipinski definition) is 3. The molecule has 2 amide bonds. The van der Waals surface area contributed by atoms with Crippen LogP contribution in [0.5, 0.6) is 0 Å². The van der Waals surface area contributed by atoms with E-state index in [4.69, 9.17) is 4.74 Å². The van der Waals surface area contributed by atoms with E-state index in [0.717, 1.165) is 49.9 Å². The second-order valence-electron chi connectivity index (χ2n) is 7.64. The number of anilines is 1. The Morgan fingerprint density at radius 3 is 2.35 bits per heavy atom. The zero-order chi connectivity index (χ0) is 19.0. The molecule has 2 N–H and O–H groups in total. The van der Waals surface area contributed by atoms with E-state index < -0.39 is 5.41 Å². The molecule has 1 saturated carbocycles. The van der Waals surface area contributed by atoms with E-state index in [9.17, 15) is 9.59 Å². The maximum Gasteiger partial charge on any atom is 0.250 e. The van der Waals surface area contributed by atoms with E-state index >= 15 is 0 Å². The van der Waals surface area contributed by atoms with Crippen LogP contribution in [0.3, 0.4) is 0 Å². The van der Waals surface area contributed by atoms with Gasteiger partial charge in [-0.25, -0.2) is 0 Å². The van der Waals surface area contributed by atoms with E-state index in [0.29, 0.717) is 5.92 Å². The summed E-state index contributed by atoms with van der Waals surface area (Å²) in [5.41, 5.74) is 1.33. The van der Waals surface area contributed by atoms with Crippen LogP contribution in [0.1, 0.15) is 57.9 Å². The third kappa shape index (κ3) is 5.31. The van der Waals surface area contributed by atoms with Gasteiger partial charge in [-0.15, -0.1) is 0 Å². The van der Waals surface area contributed by atoms with Crippen molar-refractivity contribution in [2.45, 2.75) is 57.8 Å². The number of rotatable bonds is 8. The predicted octanol–water partition coefficient (Wildman–Crippen LogP) is 3.64. The van der Waals surface area contributed by atoms with Crippen LogP contribution in [0.4, 0.5) is 5.69 Å². The second kappa shape index (κ2) is 9.72. The van der Waals surface area contributed by atoms with Gasteiger partial charge in [-0.2, -0.15) is 0 Å². The van der Waals surface area contributed by atoms with Gasteiger partial charge < -0.3 is 15.4 Å². The van der Waals surface area contributed by atoms with Gasteiger partial charge in [0.2, 0.25) is 11.8 Å². The van der Waals surface area contributed by atoms with Crippen molar-refractivity contribution in [1.82, 2.24) is 5.32 Å². The van der Waals surface area contributed by atoms with Gasteiger partial charge in [0.25, 0.3) is 0 Å². The first-order chi connectivity index (χ1) is 12.5. The summed E-state index contributed by atoms with van der Waals surface area (Å²) in [6.07, 6.45) is 6.10. The van der Waals surface area contributed by atoms with E-state index in [1.807, 2.05) is 24.3 Å². The second-order valence-corrected chi connectivity index (χ2v) is 7.64. The maximum atomic E-state index is 13.1. The molecule has 5 nitrogen and oxygen atoms in total. The smallest absolute Gasteiger partial charge is 0.250 e. The molecule has 0 unspecified atom stereocenters. The van der Waals surface area contributed by atoms with Gasteiger partial charge in [0.05, 0.1) is 5.41 Å². The molecule has 0 aromatic heterocycles. The van der Waals surface area contributed by atoms with E-state index in [1.54, 1.807) is 0 Å². The third-order valence-electron chi connectivity index (χ3n) is 5.15. The van der Waals surface area contributed by atoms with Gasteiger partial charge >= 0.3 is 0 Å². The zero-order valence-corrected chi connectivity index (χ0v) is 16.3. The summed E-state index contributed by atoms with van der Waals surface area (Å²) in [7, 11) is 1.49. The molecular formula is C21H32N2O3. The third-order valence-corrected chi connectivity index (χ3v) is 5.15. The highest BCUT2D eigenvalue weighted by Gasteiger charge is 2.40. The Morgan fingerprint density at radius 2 is 1.77 bits per heavy atom. The summed E-state index contributed by atoms with van der Waals surface area (Å²) in [5.74, 6) is 0.542. The highest BCUT2D eigenvalue weighted by atomic mass is 16.5. The molecule has 0 bridgehead atoms. The van der Waals surface area contributed by atoms with Crippen molar-refractivity contribution in [3.05, 3.63) is 29.8 Å². The van der Waals surface area contributed by atoms with Crippen molar-refractivity contribution in [2.24, 2.45) is 5.92 Å². The monoisotopic (exact) mass is 360 g/mol. The number of ether oxygens (including phenoxy) is 1.